The molecule has 80 valence electrons. The summed E-state index contributed by atoms with van der Waals surface area (Å²) in [5, 5.41) is 0. The summed E-state index contributed by atoms with van der Waals surface area (Å²) >= 11 is 0. The first-order chi connectivity index (χ1) is 1.73. The van der Waals surface area contributed by atoms with Crippen LogP contribution < -0.4 is 68.9 Å². The summed E-state index contributed by atoms with van der Waals surface area (Å²) in [7, 11) is -3.37. The molecule has 0 heterocycles. The van der Waals surface area contributed by atoms with E-state index in [-0.39, 0.29) is 97.4 Å². The molecule has 0 spiro atoms. The van der Waals surface area contributed by atoms with Gasteiger partial charge >= 0.3 is 59.1 Å². The summed E-state index contributed by atoms with van der Waals surface area (Å²) < 4.78 is 8.48. The van der Waals surface area contributed by atoms with E-state index < -0.39 is 8.25 Å². The molecule has 13 heteroatoms. The predicted molar refractivity (Wildman–Crippen MR) is 32.9 cm³/mol. The van der Waals surface area contributed by atoms with E-state index in [1.165, 1.54) is 0 Å². The van der Waals surface area contributed by atoms with Crippen LogP contribution in [0.4, 0.5) is 0 Å². The van der Waals surface area contributed by atoms with Gasteiger partial charge in [-0.05, 0) is 0 Å². The molecular weight excluding hydrogens is 237 g/mol. The average molecular weight is 251 g/mol. The Balaban J connectivity index is -0.00000000125. The van der Waals surface area contributed by atoms with Crippen molar-refractivity contribution in [3.05, 3.63) is 0 Å². The molecule has 0 saturated heterocycles. The van der Waals surface area contributed by atoms with E-state index in [4.69, 9.17) is 14.4 Å². The number of rotatable bonds is 0. The molecule has 0 unspecified atom stereocenters. The number of hydrogen-bond donors (Lipinski definition) is 0. The molecule has 0 aromatic carbocycles. The second-order valence-electron chi connectivity index (χ2n) is 0.224. The Kier molecular flexibility index (Phi) is 946. The summed E-state index contributed by atoms with van der Waals surface area (Å²) in [4.78, 5) is 17.0. The van der Waals surface area contributed by atoms with Crippen LogP contribution in [-0.4, -0.2) is 38.3 Å². The minimum absolute atomic E-state index is 0. The van der Waals surface area contributed by atoms with Gasteiger partial charge in [0.15, 0.2) is 0 Å². The van der Waals surface area contributed by atoms with Crippen LogP contribution >= 0.6 is 8.25 Å². The standard InChI is InChI=1S/2Na.HO3P.7H2O/c;;1-4(2)3;;;;;;;/h;;(H,1,2,3);7*1H2/q2*+1;;;;;;;;/p-1. The first-order valence-corrected chi connectivity index (χ1v) is 1.64. The van der Waals surface area contributed by atoms with Gasteiger partial charge in [0.2, 0.25) is 0 Å². The van der Waals surface area contributed by atoms with Crippen LogP contribution in [0.5, 0.6) is 0 Å². The van der Waals surface area contributed by atoms with Crippen LogP contribution in [0, 0.1) is 0 Å². The van der Waals surface area contributed by atoms with Crippen molar-refractivity contribution in [3.8, 4) is 0 Å². The van der Waals surface area contributed by atoms with Crippen molar-refractivity contribution < 1.29 is 112 Å². The fourth-order valence-corrected chi connectivity index (χ4v) is 0. The van der Waals surface area contributed by atoms with E-state index in [0.717, 1.165) is 0 Å². The smallest absolute Gasteiger partial charge is 0.598 e. The third kappa shape index (κ3) is 625. The van der Waals surface area contributed by atoms with Crippen molar-refractivity contribution in [3.63, 3.8) is 0 Å². The molecule has 0 aliphatic rings. The second kappa shape index (κ2) is 99.3. The van der Waals surface area contributed by atoms with Crippen molar-refractivity contribution in [2.24, 2.45) is 0 Å². The number of hydrogen-bond acceptors (Lipinski definition) is 3. The Hall–Kier alpha value is 1.74. The van der Waals surface area contributed by atoms with Crippen molar-refractivity contribution in [2.75, 3.05) is 0 Å². The normalized spacial score (nSPS) is 2.00. The molecule has 10 nitrogen and oxygen atoms in total. The van der Waals surface area contributed by atoms with Crippen LogP contribution in [0.3, 0.4) is 0 Å². The molecule has 0 amide bonds. The zero-order valence-corrected chi connectivity index (χ0v) is 12.1. The molecule has 0 bridgehead atoms. The third-order valence-electron chi connectivity index (χ3n) is 0. The summed E-state index contributed by atoms with van der Waals surface area (Å²) in [5.74, 6) is 0. The minimum Gasteiger partial charge on any atom is -0.598 e. The molecule has 0 aliphatic carbocycles. The largest absolute Gasteiger partial charge is 1.00 e. The molecule has 0 saturated carbocycles. The van der Waals surface area contributed by atoms with E-state index in [2.05, 4.69) is 0 Å². The van der Waals surface area contributed by atoms with Crippen LogP contribution in [-0.2, 0) is 4.57 Å². The first-order valence-electron chi connectivity index (χ1n) is 0.548. The molecule has 0 atom stereocenters. The second-order valence-corrected chi connectivity index (χ2v) is 0.671. The van der Waals surface area contributed by atoms with Gasteiger partial charge in [-0.3, -0.25) is 0 Å². The summed E-state index contributed by atoms with van der Waals surface area (Å²) in [6.07, 6.45) is 0. The molecule has 0 fully saturated rings. The van der Waals surface area contributed by atoms with E-state index in [1.54, 1.807) is 0 Å². The molecule has 0 radical (unpaired) electrons. The Labute approximate surface area is 119 Å². The maximum absolute atomic E-state index is 8.48. The Morgan fingerprint density at radius 1 is 0.615 bits per heavy atom. The molecule has 0 aliphatic heterocycles. The third-order valence-corrected chi connectivity index (χ3v) is 0. The van der Waals surface area contributed by atoms with Gasteiger partial charge < -0.3 is 48.1 Å². The monoisotopic (exact) mass is 251 g/mol. The fraction of sp³-hybridized carbons (Fsp3) is 0. The average Bonchev–Trinajstić information content (AvgIpc) is 0.811. The van der Waals surface area contributed by atoms with Gasteiger partial charge in [0.1, 0.15) is 0 Å². The van der Waals surface area contributed by atoms with E-state index in [1.807, 2.05) is 0 Å². The van der Waals surface area contributed by atoms with E-state index in [0.29, 0.717) is 0 Å². The zero-order valence-electron chi connectivity index (χ0n) is 7.17. The van der Waals surface area contributed by atoms with Gasteiger partial charge in [0.25, 0.3) is 8.25 Å². The van der Waals surface area contributed by atoms with E-state index in [9.17, 15) is 0 Å². The van der Waals surface area contributed by atoms with Gasteiger partial charge in [-0.1, -0.05) is 4.57 Å². The predicted octanol–water partition coefficient (Wildman–Crippen LogP) is -13.4. The fourth-order valence-electron chi connectivity index (χ4n) is 0. The Morgan fingerprint density at radius 2 is 0.615 bits per heavy atom. The summed E-state index contributed by atoms with van der Waals surface area (Å²) in [6, 6.07) is 0. The van der Waals surface area contributed by atoms with Crippen molar-refractivity contribution in [1.82, 2.24) is 0 Å². The zero-order chi connectivity index (χ0) is 3.58. The molecule has 0 rings (SSSR count). The van der Waals surface area contributed by atoms with Crippen LogP contribution in [0.2, 0.25) is 0 Å². The van der Waals surface area contributed by atoms with Gasteiger partial charge in [-0.15, -0.1) is 0 Å². The van der Waals surface area contributed by atoms with Gasteiger partial charge in [-0.25, -0.2) is 0 Å². The van der Waals surface area contributed by atoms with Gasteiger partial charge in [0.05, 0.1) is 0 Å². The molecular formula is H14Na2O10P+. The van der Waals surface area contributed by atoms with E-state index >= 15 is 0 Å². The molecule has 0 aromatic rings. The maximum atomic E-state index is 8.48. The molecule has 0 aromatic heterocycles. The molecule has 13 heavy (non-hydrogen) atoms. The SMILES string of the molecule is O.O.O.O.O.O.O.O=[P+]([O-])[O-].[Na+].[Na+]. The minimum atomic E-state index is -3.37. The van der Waals surface area contributed by atoms with Gasteiger partial charge in [0, 0.05) is 0 Å². The Bertz CT molecular complexity index is 35.9. The van der Waals surface area contributed by atoms with Crippen LogP contribution in [0.25, 0.3) is 0 Å². The Morgan fingerprint density at radius 3 is 0.615 bits per heavy atom. The van der Waals surface area contributed by atoms with Gasteiger partial charge in [-0.2, -0.15) is 0 Å². The summed E-state index contributed by atoms with van der Waals surface area (Å²) in [5.41, 5.74) is 0. The topological polar surface area (TPSA) is 284 Å². The van der Waals surface area contributed by atoms with Crippen LogP contribution in [0.1, 0.15) is 0 Å². The van der Waals surface area contributed by atoms with Crippen LogP contribution in [0.15, 0.2) is 0 Å². The maximum Gasteiger partial charge on any atom is 1.00 e. The van der Waals surface area contributed by atoms with Crippen molar-refractivity contribution in [1.29, 1.82) is 0 Å². The first kappa shape index (κ1) is 124. The summed E-state index contributed by atoms with van der Waals surface area (Å²) in [6.45, 7) is 0. The van der Waals surface area contributed by atoms with Crippen molar-refractivity contribution >= 4 is 8.25 Å². The molecule has 14 N–H and O–H groups in total. The quantitative estimate of drug-likeness (QED) is 0.299. The van der Waals surface area contributed by atoms with Crippen molar-refractivity contribution in [2.45, 2.75) is 0 Å².